The molecule has 1 aliphatic heterocycles. The van der Waals surface area contributed by atoms with Crippen LogP contribution in [0.5, 0.6) is 0 Å². The number of hydrogen-bond acceptors (Lipinski definition) is 3. The lowest BCUT2D eigenvalue weighted by Crippen LogP contribution is -2.40. The molecule has 1 aromatic rings. The molecule has 1 saturated heterocycles. The molecule has 1 heterocycles. The maximum Gasteiger partial charge on any atom is 0.224 e. The second-order valence-corrected chi connectivity index (χ2v) is 6.58. The molecule has 3 atom stereocenters. The van der Waals surface area contributed by atoms with E-state index in [1.807, 2.05) is 13.8 Å². The van der Waals surface area contributed by atoms with Gasteiger partial charge < -0.3 is 16.0 Å². The summed E-state index contributed by atoms with van der Waals surface area (Å²) >= 11 is 0. The molecule has 4 nitrogen and oxygen atoms in total. The number of benzene rings is 1. The number of carbonyl (C=O) groups is 1. The Bertz CT molecular complexity index is 461. The summed E-state index contributed by atoms with van der Waals surface area (Å²) in [5.41, 5.74) is 7.16. The van der Waals surface area contributed by atoms with Gasteiger partial charge in [0.15, 0.2) is 0 Å². The van der Waals surface area contributed by atoms with E-state index in [4.69, 9.17) is 5.73 Å². The highest BCUT2D eigenvalue weighted by molar-refractivity contribution is 5.78. The first-order valence-electron chi connectivity index (χ1n) is 8.36. The maximum absolute atomic E-state index is 11.9. The Morgan fingerprint density at radius 1 is 1.36 bits per heavy atom. The van der Waals surface area contributed by atoms with Gasteiger partial charge in [0.05, 0.1) is 0 Å². The van der Waals surface area contributed by atoms with E-state index in [2.05, 4.69) is 40.5 Å². The molecule has 3 N–H and O–H groups in total. The number of nitrogens with zero attached hydrogens (tertiary/aromatic N) is 1. The van der Waals surface area contributed by atoms with Crippen LogP contribution in [0.4, 0.5) is 0 Å². The minimum absolute atomic E-state index is 0.0812. The average molecular weight is 303 g/mol. The second-order valence-electron chi connectivity index (χ2n) is 6.58. The summed E-state index contributed by atoms with van der Waals surface area (Å²) in [5, 5.41) is 3.05. The number of likely N-dealkylation sites (tertiary alicyclic amines) is 1. The van der Waals surface area contributed by atoms with E-state index in [0.29, 0.717) is 5.92 Å². The summed E-state index contributed by atoms with van der Waals surface area (Å²) in [4.78, 5) is 14.4. The highest BCUT2D eigenvalue weighted by atomic mass is 16.1. The van der Waals surface area contributed by atoms with Crippen molar-refractivity contribution in [3.63, 3.8) is 0 Å². The molecule has 1 amide bonds. The molecule has 3 unspecified atom stereocenters. The first kappa shape index (κ1) is 17.0. The molecule has 22 heavy (non-hydrogen) atoms. The van der Waals surface area contributed by atoms with Gasteiger partial charge in [0.25, 0.3) is 0 Å². The lowest BCUT2D eigenvalue weighted by atomic mass is 10.0. The number of amides is 1. The van der Waals surface area contributed by atoms with Crippen molar-refractivity contribution < 1.29 is 4.79 Å². The van der Waals surface area contributed by atoms with Crippen LogP contribution < -0.4 is 11.1 Å². The molecule has 4 heteroatoms. The van der Waals surface area contributed by atoms with E-state index in [-0.39, 0.29) is 17.9 Å². The van der Waals surface area contributed by atoms with Crippen molar-refractivity contribution in [1.82, 2.24) is 10.2 Å². The third-order valence-electron chi connectivity index (χ3n) is 4.70. The Hall–Kier alpha value is -1.39. The number of hydrogen-bond donors (Lipinski definition) is 2. The third-order valence-corrected chi connectivity index (χ3v) is 4.70. The van der Waals surface area contributed by atoms with E-state index < -0.39 is 0 Å². The minimum atomic E-state index is -0.115. The number of nitrogens with two attached hydrogens (primary N) is 1. The molecule has 122 valence electrons. The van der Waals surface area contributed by atoms with Crippen molar-refractivity contribution in [3.05, 3.63) is 35.9 Å². The van der Waals surface area contributed by atoms with Crippen LogP contribution >= 0.6 is 0 Å². The quantitative estimate of drug-likeness (QED) is 0.805. The lowest BCUT2D eigenvalue weighted by molar-refractivity contribution is -0.125. The fourth-order valence-electron chi connectivity index (χ4n) is 2.86. The summed E-state index contributed by atoms with van der Waals surface area (Å²) in [6.07, 6.45) is 2.27. The minimum Gasteiger partial charge on any atom is -0.355 e. The zero-order valence-corrected chi connectivity index (χ0v) is 13.8. The predicted octanol–water partition coefficient (Wildman–Crippen LogP) is 1.65. The second kappa shape index (κ2) is 8.30. The molecule has 0 saturated carbocycles. The summed E-state index contributed by atoms with van der Waals surface area (Å²) in [5.74, 6) is 0.535. The Morgan fingerprint density at radius 2 is 2.09 bits per heavy atom. The van der Waals surface area contributed by atoms with Crippen LogP contribution in [0.25, 0.3) is 0 Å². The Morgan fingerprint density at radius 3 is 2.77 bits per heavy atom. The van der Waals surface area contributed by atoms with Crippen LogP contribution in [-0.4, -0.2) is 43.0 Å². The van der Waals surface area contributed by atoms with E-state index in [1.165, 1.54) is 12.0 Å². The van der Waals surface area contributed by atoms with Crippen molar-refractivity contribution in [1.29, 1.82) is 0 Å². The number of nitrogens with one attached hydrogen (secondary N) is 1. The van der Waals surface area contributed by atoms with Crippen LogP contribution in [0, 0.1) is 11.8 Å². The topological polar surface area (TPSA) is 58.4 Å². The van der Waals surface area contributed by atoms with Crippen LogP contribution in [0.2, 0.25) is 0 Å². The highest BCUT2D eigenvalue weighted by Gasteiger charge is 2.24. The SMILES string of the molecule is CC(N)C(C)C(=O)NCC1CCN(CCc2ccccc2)C1. The summed E-state index contributed by atoms with van der Waals surface area (Å²) < 4.78 is 0. The van der Waals surface area contributed by atoms with Gasteiger partial charge in [0.1, 0.15) is 0 Å². The van der Waals surface area contributed by atoms with Crippen molar-refractivity contribution >= 4 is 5.91 Å². The number of rotatable bonds is 7. The van der Waals surface area contributed by atoms with Crippen molar-refractivity contribution in [2.75, 3.05) is 26.2 Å². The smallest absolute Gasteiger partial charge is 0.224 e. The van der Waals surface area contributed by atoms with Crippen LogP contribution in [0.3, 0.4) is 0 Å². The van der Waals surface area contributed by atoms with E-state index in [9.17, 15) is 4.79 Å². The molecule has 2 rings (SSSR count). The molecule has 0 spiro atoms. The summed E-state index contributed by atoms with van der Waals surface area (Å²) in [6.45, 7) is 7.87. The fraction of sp³-hybridized carbons (Fsp3) is 0.611. The number of carbonyl (C=O) groups excluding carboxylic acids is 1. The van der Waals surface area contributed by atoms with Gasteiger partial charge in [-0.2, -0.15) is 0 Å². The van der Waals surface area contributed by atoms with Gasteiger partial charge in [0, 0.05) is 31.6 Å². The van der Waals surface area contributed by atoms with Gasteiger partial charge in [-0.15, -0.1) is 0 Å². The van der Waals surface area contributed by atoms with Crippen LogP contribution in [0.1, 0.15) is 25.8 Å². The molecule has 0 radical (unpaired) electrons. The van der Waals surface area contributed by atoms with Crippen LogP contribution in [0.15, 0.2) is 30.3 Å². The van der Waals surface area contributed by atoms with E-state index in [1.54, 1.807) is 0 Å². The standard InChI is InChI=1S/C18H29N3O/c1-14(15(2)19)18(22)20-12-17-9-11-21(13-17)10-8-16-6-4-3-5-7-16/h3-7,14-15,17H,8-13,19H2,1-2H3,(H,20,22). The van der Waals surface area contributed by atoms with E-state index >= 15 is 0 Å². The lowest BCUT2D eigenvalue weighted by Gasteiger charge is -2.18. The Balaban J connectivity index is 1.66. The molecular weight excluding hydrogens is 274 g/mol. The molecule has 0 aliphatic carbocycles. The van der Waals surface area contributed by atoms with Crippen molar-refractivity contribution in [2.24, 2.45) is 17.6 Å². The van der Waals surface area contributed by atoms with Gasteiger partial charge >= 0.3 is 0 Å². The van der Waals surface area contributed by atoms with Crippen LogP contribution in [-0.2, 0) is 11.2 Å². The zero-order valence-electron chi connectivity index (χ0n) is 13.8. The summed E-state index contributed by atoms with van der Waals surface area (Å²) in [7, 11) is 0. The molecule has 1 aliphatic rings. The van der Waals surface area contributed by atoms with Gasteiger partial charge in [-0.1, -0.05) is 37.3 Å². The monoisotopic (exact) mass is 303 g/mol. The predicted molar refractivity (Wildman–Crippen MR) is 90.5 cm³/mol. The Labute approximate surface area is 134 Å². The van der Waals surface area contributed by atoms with E-state index in [0.717, 1.165) is 32.6 Å². The largest absolute Gasteiger partial charge is 0.355 e. The van der Waals surface area contributed by atoms with Gasteiger partial charge in [-0.25, -0.2) is 0 Å². The molecule has 1 aromatic carbocycles. The van der Waals surface area contributed by atoms with Gasteiger partial charge in [0.2, 0.25) is 5.91 Å². The molecular formula is C18H29N3O. The first-order valence-corrected chi connectivity index (χ1v) is 8.36. The Kier molecular flexibility index (Phi) is 6.40. The summed E-state index contributed by atoms with van der Waals surface area (Å²) in [6, 6.07) is 10.5. The molecule has 0 aromatic heterocycles. The normalized spacial score (nSPS) is 21.5. The van der Waals surface area contributed by atoms with Crippen molar-refractivity contribution in [2.45, 2.75) is 32.7 Å². The fourth-order valence-corrected chi connectivity index (χ4v) is 2.86. The third kappa shape index (κ3) is 5.11. The van der Waals surface area contributed by atoms with Gasteiger partial charge in [-0.3, -0.25) is 4.79 Å². The van der Waals surface area contributed by atoms with Crippen molar-refractivity contribution in [3.8, 4) is 0 Å². The maximum atomic E-state index is 11.9. The molecule has 0 bridgehead atoms. The average Bonchev–Trinajstić information content (AvgIpc) is 2.98. The van der Waals surface area contributed by atoms with Gasteiger partial charge in [-0.05, 0) is 37.8 Å². The molecule has 1 fully saturated rings. The highest BCUT2D eigenvalue weighted by Crippen LogP contribution is 2.16. The first-order chi connectivity index (χ1) is 10.6. The zero-order chi connectivity index (χ0) is 15.9.